The van der Waals surface area contributed by atoms with Crippen molar-refractivity contribution in [2.24, 2.45) is 5.73 Å². The van der Waals surface area contributed by atoms with Crippen molar-refractivity contribution in [1.82, 2.24) is 4.72 Å². The molecule has 27 heavy (non-hydrogen) atoms. The van der Waals surface area contributed by atoms with Gasteiger partial charge < -0.3 is 11.1 Å². The fourth-order valence-corrected chi connectivity index (χ4v) is 3.85. The SMILES string of the molecule is N=C(N)c1cccc(NC(=O)CNS(=O)(=O)c2cccc3ccccc23)c1. The third-order valence-electron chi connectivity index (χ3n) is 3.92. The Kier molecular flexibility index (Phi) is 5.20. The van der Waals surface area contributed by atoms with E-state index in [0.717, 1.165) is 5.39 Å². The molecule has 0 aliphatic heterocycles. The number of carbonyl (C=O) groups is 1. The Morgan fingerprint density at radius 1 is 1.00 bits per heavy atom. The number of anilines is 1. The van der Waals surface area contributed by atoms with E-state index in [0.29, 0.717) is 16.6 Å². The van der Waals surface area contributed by atoms with Gasteiger partial charge in [0.05, 0.1) is 11.4 Å². The average Bonchev–Trinajstić information content (AvgIpc) is 2.66. The van der Waals surface area contributed by atoms with Gasteiger partial charge in [0.2, 0.25) is 15.9 Å². The molecular weight excluding hydrogens is 364 g/mol. The van der Waals surface area contributed by atoms with Crippen LogP contribution in [-0.4, -0.2) is 26.7 Å². The molecule has 0 unspecified atom stereocenters. The molecule has 3 aromatic rings. The van der Waals surface area contributed by atoms with Gasteiger partial charge in [0, 0.05) is 16.6 Å². The summed E-state index contributed by atoms with van der Waals surface area (Å²) in [6, 6.07) is 18.6. The monoisotopic (exact) mass is 382 g/mol. The number of hydrogen-bond donors (Lipinski definition) is 4. The third kappa shape index (κ3) is 4.30. The lowest BCUT2D eigenvalue weighted by Gasteiger charge is -2.10. The molecule has 0 heterocycles. The minimum absolute atomic E-state index is 0.118. The molecule has 0 saturated heterocycles. The van der Waals surface area contributed by atoms with E-state index in [4.69, 9.17) is 11.1 Å². The number of carbonyl (C=O) groups excluding carboxylic acids is 1. The van der Waals surface area contributed by atoms with Gasteiger partial charge in [-0.3, -0.25) is 10.2 Å². The summed E-state index contributed by atoms with van der Waals surface area (Å²) in [7, 11) is -3.86. The van der Waals surface area contributed by atoms with Gasteiger partial charge in [0.1, 0.15) is 5.84 Å². The molecule has 8 heteroatoms. The van der Waals surface area contributed by atoms with E-state index in [1.54, 1.807) is 42.5 Å². The molecular formula is C19H18N4O3S. The number of sulfonamides is 1. The summed E-state index contributed by atoms with van der Waals surface area (Å²) < 4.78 is 27.5. The lowest BCUT2D eigenvalue weighted by molar-refractivity contribution is -0.115. The lowest BCUT2D eigenvalue weighted by Crippen LogP contribution is -2.33. The highest BCUT2D eigenvalue weighted by Gasteiger charge is 2.18. The van der Waals surface area contributed by atoms with Crippen molar-refractivity contribution in [3.63, 3.8) is 0 Å². The number of hydrogen-bond acceptors (Lipinski definition) is 4. The topological polar surface area (TPSA) is 125 Å². The maximum Gasteiger partial charge on any atom is 0.241 e. The van der Waals surface area contributed by atoms with Gasteiger partial charge in [-0.05, 0) is 23.6 Å². The second-order valence-corrected chi connectivity index (χ2v) is 7.58. The molecule has 7 nitrogen and oxygen atoms in total. The first-order valence-corrected chi connectivity index (χ1v) is 9.57. The standard InChI is InChI=1S/C19H18N4O3S/c20-19(21)14-7-3-8-15(11-14)23-18(24)12-22-27(25,26)17-10-4-6-13-5-1-2-9-16(13)17/h1-11,22H,12H2,(H3,20,21)(H,23,24). The first-order valence-electron chi connectivity index (χ1n) is 8.08. The predicted molar refractivity (Wildman–Crippen MR) is 105 cm³/mol. The minimum atomic E-state index is -3.86. The summed E-state index contributed by atoms with van der Waals surface area (Å²) in [6.07, 6.45) is 0. The lowest BCUT2D eigenvalue weighted by atomic mass is 10.1. The van der Waals surface area contributed by atoms with Crippen LogP contribution in [0, 0.1) is 5.41 Å². The smallest absolute Gasteiger partial charge is 0.241 e. The van der Waals surface area contributed by atoms with Crippen molar-refractivity contribution in [3.05, 3.63) is 72.3 Å². The van der Waals surface area contributed by atoms with Gasteiger partial charge >= 0.3 is 0 Å². The fraction of sp³-hybridized carbons (Fsp3) is 0.0526. The van der Waals surface area contributed by atoms with Crippen molar-refractivity contribution in [2.45, 2.75) is 4.90 Å². The molecule has 0 radical (unpaired) electrons. The van der Waals surface area contributed by atoms with Crippen molar-refractivity contribution in [2.75, 3.05) is 11.9 Å². The summed E-state index contributed by atoms with van der Waals surface area (Å²) >= 11 is 0. The quantitative estimate of drug-likeness (QED) is 0.384. The van der Waals surface area contributed by atoms with Crippen LogP contribution in [-0.2, 0) is 14.8 Å². The fourth-order valence-electron chi connectivity index (χ4n) is 2.64. The number of benzene rings is 3. The maximum absolute atomic E-state index is 12.6. The van der Waals surface area contributed by atoms with E-state index in [-0.39, 0.29) is 10.7 Å². The number of nitrogen functional groups attached to an aromatic ring is 1. The Balaban J connectivity index is 1.72. The molecule has 0 atom stereocenters. The number of amides is 1. The second kappa shape index (κ2) is 7.56. The molecule has 0 aliphatic carbocycles. The summed E-state index contributed by atoms with van der Waals surface area (Å²) in [5, 5.41) is 11.4. The predicted octanol–water partition coefficient (Wildman–Crippen LogP) is 2.04. The number of fused-ring (bicyclic) bond motifs is 1. The second-order valence-electron chi connectivity index (χ2n) is 5.84. The summed E-state index contributed by atoms with van der Waals surface area (Å²) in [5.41, 5.74) is 6.31. The highest BCUT2D eigenvalue weighted by molar-refractivity contribution is 7.89. The Morgan fingerprint density at radius 3 is 2.48 bits per heavy atom. The van der Waals surface area contributed by atoms with Crippen molar-refractivity contribution in [1.29, 1.82) is 5.41 Å². The van der Waals surface area contributed by atoms with E-state index < -0.39 is 22.5 Å². The molecule has 0 aliphatic rings. The van der Waals surface area contributed by atoms with Gasteiger partial charge in [-0.2, -0.15) is 0 Å². The molecule has 0 aromatic heterocycles. The van der Waals surface area contributed by atoms with Gasteiger partial charge in [-0.25, -0.2) is 13.1 Å². The van der Waals surface area contributed by atoms with E-state index >= 15 is 0 Å². The normalized spacial score (nSPS) is 11.3. The first-order chi connectivity index (χ1) is 12.9. The van der Waals surface area contributed by atoms with Crippen molar-refractivity contribution < 1.29 is 13.2 Å². The van der Waals surface area contributed by atoms with Gasteiger partial charge in [-0.15, -0.1) is 0 Å². The first kappa shape index (κ1) is 18.6. The van der Waals surface area contributed by atoms with Crippen LogP contribution in [0.25, 0.3) is 10.8 Å². The van der Waals surface area contributed by atoms with Crippen LogP contribution in [0.15, 0.2) is 71.6 Å². The van der Waals surface area contributed by atoms with Crippen LogP contribution in [0.1, 0.15) is 5.56 Å². The third-order valence-corrected chi connectivity index (χ3v) is 5.38. The molecule has 0 fully saturated rings. The number of rotatable bonds is 6. The molecule has 3 rings (SSSR count). The molecule has 0 spiro atoms. The van der Waals surface area contributed by atoms with E-state index in [1.165, 1.54) is 6.07 Å². The van der Waals surface area contributed by atoms with Crippen LogP contribution in [0.4, 0.5) is 5.69 Å². The Labute approximate surface area is 156 Å². The summed E-state index contributed by atoms with van der Waals surface area (Å²) in [5.74, 6) is -0.651. The van der Waals surface area contributed by atoms with Crippen LogP contribution in [0.3, 0.4) is 0 Å². The summed E-state index contributed by atoms with van der Waals surface area (Å²) in [4.78, 5) is 12.2. The average molecular weight is 382 g/mol. The van der Waals surface area contributed by atoms with Crippen molar-refractivity contribution in [3.8, 4) is 0 Å². The Bertz CT molecular complexity index is 1120. The van der Waals surface area contributed by atoms with Crippen LogP contribution in [0.2, 0.25) is 0 Å². The molecule has 3 aromatic carbocycles. The number of amidine groups is 1. The van der Waals surface area contributed by atoms with Crippen molar-refractivity contribution >= 4 is 38.2 Å². The Morgan fingerprint density at radius 2 is 1.70 bits per heavy atom. The van der Waals surface area contributed by atoms with Gasteiger partial charge in [0.25, 0.3) is 0 Å². The molecule has 0 saturated carbocycles. The molecule has 0 bridgehead atoms. The molecule has 1 amide bonds. The Hall–Kier alpha value is -3.23. The molecule has 5 N–H and O–H groups in total. The maximum atomic E-state index is 12.6. The zero-order valence-electron chi connectivity index (χ0n) is 14.3. The van der Waals surface area contributed by atoms with Crippen LogP contribution >= 0.6 is 0 Å². The van der Waals surface area contributed by atoms with E-state index in [1.807, 2.05) is 18.2 Å². The zero-order valence-corrected chi connectivity index (χ0v) is 15.1. The van der Waals surface area contributed by atoms with E-state index in [2.05, 4.69) is 10.0 Å². The highest BCUT2D eigenvalue weighted by atomic mass is 32.2. The largest absolute Gasteiger partial charge is 0.384 e. The van der Waals surface area contributed by atoms with E-state index in [9.17, 15) is 13.2 Å². The zero-order chi connectivity index (χ0) is 19.4. The number of nitrogens with one attached hydrogen (secondary N) is 3. The highest BCUT2D eigenvalue weighted by Crippen LogP contribution is 2.22. The van der Waals surface area contributed by atoms with Gasteiger partial charge in [-0.1, -0.05) is 48.5 Å². The number of nitrogens with two attached hydrogens (primary N) is 1. The van der Waals surface area contributed by atoms with Crippen LogP contribution in [0.5, 0.6) is 0 Å². The molecule has 138 valence electrons. The minimum Gasteiger partial charge on any atom is -0.384 e. The van der Waals surface area contributed by atoms with Crippen LogP contribution < -0.4 is 15.8 Å². The summed E-state index contributed by atoms with van der Waals surface area (Å²) in [6.45, 7) is -0.421. The van der Waals surface area contributed by atoms with Gasteiger partial charge in [0.15, 0.2) is 0 Å².